The quantitative estimate of drug-likeness (QED) is 0.794. The number of rotatable bonds is 4. The first-order valence-electron chi connectivity index (χ1n) is 7.25. The minimum atomic E-state index is 0.415. The molecule has 0 saturated carbocycles. The number of halogens is 1. The number of aromatic nitrogens is 2. The van der Waals surface area contributed by atoms with Gasteiger partial charge in [0.05, 0.1) is 16.4 Å². The average molecular weight is 312 g/mol. The summed E-state index contributed by atoms with van der Waals surface area (Å²) in [6.07, 6.45) is 0.790. The monoisotopic (exact) mass is 311 g/mol. The van der Waals surface area contributed by atoms with Gasteiger partial charge in [0.1, 0.15) is 0 Å². The molecule has 1 aromatic heterocycles. The van der Waals surface area contributed by atoms with Crippen molar-refractivity contribution in [1.29, 1.82) is 0 Å². The molecule has 0 aliphatic carbocycles. The second kappa shape index (κ2) is 6.34. The first kappa shape index (κ1) is 14.8. The van der Waals surface area contributed by atoms with E-state index >= 15 is 0 Å². The average Bonchev–Trinajstić information content (AvgIpc) is 2.93. The van der Waals surface area contributed by atoms with E-state index in [1.54, 1.807) is 0 Å². The van der Waals surface area contributed by atoms with Crippen LogP contribution in [-0.4, -0.2) is 9.78 Å². The minimum Gasteiger partial charge on any atom is -0.325 e. The fourth-order valence-corrected chi connectivity index (χ4v) is 2.66. The lowest BCUT2D eigenvalue weighted by molar-refractivity contribution is 0.797. The van der Waals surface area contributed by atoms with Gasteiger partial charge in [-0.3, -0.25) is 0 Å². The molecule has 3 nitrogen and oxygen atoms in total. The lowest BCUT2D eigenvalue weighted by atomic mass is 10.1. The molecular weight excluding hydrogens is 294 g/mol. The Morgan fingerprint density at radius 1 is 1.09 bits per heavy atom. The zero-order chi connectivity index (χ0) is 15.5. The van der Waals surface area contributed by atoms with Crippen LogP contribution in [0, 0.1) is 6.92 Å². The summed E-state index contributed by atoms with van der Waals surface area (Å²) in [6, 6.07) is 18.3. The number of aryl methyl sites for hydroxylation is 1. The van der Waals surface area contributed by atoms with Crippen molar-refractivity contribution in [1.82, 2.24) is 9.78 Å². The van der Waals surface area contributed by atoms with Crippen LogP contribution in [0.1, 0.15) is 22.5 Å². The van der Waals surface area contributed by atoms with E-state index in [9.17, 15) is 0 Å². The summed E-state index contributed by atoms with van der Waals surface area (Å²) >= 11 is 6.31. The number of hydrogen-bond acceptors (Lipinski definition) is 2. The van der Waals surface area contributed by atoms with Gasteiger partial charge in [0.2, 0.25) is 0 Å². The fourth-order valence-electron chi connectivity index (χ4n) is 2.45. The highest BCUT2D eigenvalue weighted by atomic mass is 35.5. The Kier molecular flexibility index (Phi) is 4.27. The maximum atomic E-state index is 6.31. The largest absolute Gasteiger partial charge is 0.325 e. The zero-order valence-corrected chi connectivity index (χ0v) is 13.2. The van der Waals surface area contributed by atoms with Gasteiger partial charge in [0.15, 0.2) is 0 Å². The summed E-state index contributed by atoms with van der Waals surface area (Å²) in [7, 11) is 0. The van der Waals surface area contributed by atoms with E-state index in [0.29, 0.717) is 11.6 Å². The molecule has 3 aromatic rings. The molecule has 22 heavy (non-hydrogen) atoms. The Hall–Kier alpha value is -2.10. The van der Waals surface area contributed by atoms with Crippen molar-refractivity contribution in [3.63, 3.8) is 0 Å². The summed E-state index contributed by atoms with van der Waals surface area (Å²) < 4.78 is 1.89. The molecule has 4 heteroatoms. The van der Waals surface area contributed by atoms with Gasteiger partial charge < -0.3 is 5.73 Å². The summed E-state index contributed by atoms with van der Waals surface area (Å²) in [6.45, 7) is 2.50. The highest BCUT2D eigenvalue weighted by Gasteiger charge is 2.12. The summed E-state index contributed by atoms with van der Waals surface area (Å²) in [5.74, 6) is 0. The van der Waals surface area contributed by atoms with E-state index in [-0.39, 0.29) is 0 Å². The van der Waals surface area contributed by atoms with Crippen molar-refractivity contribution in [3.05, 3.63) is 82.1 Å². The fraction of sp³-hybridized carbons (Fsp3) is 0.167. The molecular formula is C18H18ClN3. The van der Waals surface area contributed by atoms with Gasteiger partial charge in [-0.1, -0.05) is 53.6 Å². The molecule has 3 rings (SSSR count). The lowest BCUT2D eigenvalue weighted by Crippen LogP contribution is -2.04. The summed E-state index contributed by atoms with van der Waals surface area (Å²) in [4.78, 5) is 0. The van der Waals surface area contributed by atoms with Crippen molar-refractivity contribution in [2.24, 2.45) is 5.73 Å². The number of hydrogen-bond donors (Lipinski definition) is 1. The molecule has 0 radical (unpaired) electrons. The van der Waals surface area contributed by atoms with Crippen LogP contribution in [0.15, 0.2) is 54.6 Å². The number of benzene rings is 2. The van der Waals surface area contributed by atoms with Gasteiger partial charge in [0.25, 0.3) is 0 Å². The maximum absolute atomic E-state index is 6.31. The standard InChI is InChI=1S/C18H18ClN3/c1-13-6-8-14(9-7-13)10-16-11-15(12-20)21-22(16)18-5-3-2-4-17(18)19/h2-9,11H,10,12,20H2,1H3. The van der Waals surface area contributed by atoms with Gasteiger partial charge in [-0.2, -0.15) is 5.10 Å². The topological polar surface area (TPSA) is 43.8 Å². The second-order valence-corrected chi connectivity index (χ2v) is 5.76. The Balaban J connectivity index is 2.02. The predicted octanol–water partition coefficient (Wildman–Crippen LogP) is 3.88. The molecule has 0 bridgehead atoms. The predicted molar refractivity (Wildman–Crippen MR) is 90.5 cm³/mol. The van der Waals surface area contributed by atoms with Crippen molar-refractivity contribution >= 4 is 11.6 Å². The number of para-hydroxylation sites is 1. The minimum absolute atomic E-state index is 0.415. The molecule has 1 heterocycles. The Morgan fingerprint density at radius 2 is 1.82 bits per heavy atom. The van der Waals surface area contributed by atoms with E-state index in [0.717, 1.165) is 23.5 Å². The molecule has 0 fully saturated rings. The van der Waals surface area contributed by atoms with Crippen LogP contribution < -0.4 is 5.73 Å². The summed E-state index contributed by atoms with van der Waals surface area (Å²) in [5.41, 5.74) is 11.1. The van der Waals surface area contributed by atoms with Crippen LogP contribution in [0.25, 0.3) is 5.69 Å². The van der Waals surface area contributed by atoms with Crippen LogP contribution in [0.5, 0.6) is 0 Å². The molecule has 0 spiro atoms. The third-order valence-electron chi connectivity index (χ3n) is 3.63. The third-order valence-corrected chi connectivity index (χ3v) is 3.95. The highest BCUT2D eigenvalue weighted by Crippen LogP contribution is 2.23. The van der Waals surface area contributed by atoms with Gasteiger partial charge in [-0.25, -0.2) is 4.68 Å². The number of nitrogens with two attached hydrogens (primary N) is 1. The number of nitrogens with zero attached hydrogens (tertiary/aromatic N) is 2. The Bertz CT molecular complexity index is 775. The molecule has 0 saturated heterocycles. The van der Waals surface area contributed by atoms with Crippen LogP contribution in [-0.2, 0) is 13.0 Å². The van der Waals surface area contributed by atoms with Crippen LogP contribution in [0.2, 0.25) is 5.02 Å². The smallest absolute Gasteiger partial charge is 0.0835 e. The van der Waals surface area contributed by atoms with Gasteiger partial charge >= 0.3 is 0 Å². The molecule has 2 N–H and O–H groups in total. The Labute approximate surface area is 135 Å². The maximum Gasteiger partial charge on any atom is 0.0835 e. The molecule has 112 valence electrons. The molecule has 0 aliphatic rings. The van der Waals surface area contributed by atoms with Gasteiger partial charge in [-0.05, 0) is 30.7 Å². The van der Waals surface area contributed by atoms with E-state index in [1.807, 2.05) is 35.0 Å². The zero-order valence-electron chi connectivity index (χ0n) is 12.5. The van der Waals surface area contributed by atoms with Crippen molar-refractivity contribution in [2.45, 2.75) is 19.9 Å². The highest BCUT2D eigenvalue weighted by molar-refractivity contribution is 6.32. The third kappa shape index (κ3) is 3.06. The SMILES string of the molecule is Cc1ccc(Cc2cc(CN)nn2-c2ccccc2Cl)cc1. The van der Waals surface area contributed by atoms with Gasteiger partial charge in [-0.15, -0.1) is 0 Å². The normalized spacial score (nSPS) is 10.9. The molecule has 0 atom stereocenters. The lowest BCUT2D eigenvalue weighted by Gasteiger charge is -2.09. The second-order valence-electron chi connectivity index (χ2n) is 5.36. The summed E-state index contributed by atoms with van der Waals surface area (Å²) in [5, 5.41) is 5.26. The molecule has 0 amide bonds. The Morgan fingerprint density at radius 3 is 2.50 bits per heavy atom. The molecule has 2 aromatic carbocycles. The first-order valence-corrected chi connectivity index (χ1v) is 7.63. The molecule has 0 aliphatic heterocycles. The van der Waals surface area contributed by atoms with Crippen LogP contribution in [0.4, 0.5) is 0 Å². The van der Waals surface area contributed by atoms with Crippen molar-refractivity contribution in [3.8, 4) is 5.69 Å². The van der Waals surface area contributed by atoms with Gasteiger partial charge in [0, 0.05) is 18.7 Å². The van der Waals surface area contributed by atoms with Crippen molar-refractivity contribution in [2.75, 3.05) is 0 Å². The first-order chi connectivity index (χ1) is 10.7. The van der Waals surface area contributed by atoms with E-state index in [2.05, 4.69) is 36.3 Å². The van der Waals surface area contributed by atoms with E-state index < -0.39 is 0 Å². The van der Waals surface area contributed by atoms with Crippen LogP contribution in [0.3, 0.4) is 0 Å². The van der Waals surface area contributed by atoms with E-state index in [4.69, 9.17) is 17.3 Å². The molecule has 0 unspecified atom stereocenters. The van der Waals surface area contributed by atoms with Crippen molar-refractivity contribution < 1.29 is 0 Å². The van der Waals surface area contributed by atoms with Crippen LogP contribution >= 0.6 is 11.6 Å². The van der Waals surface area contributed by atoms with E-state index in [1.165, 1.54) is 11.1 Å².